The highest BCUT2D eigenvalue weighted by molar-refractivity contribution is 7.99. The van der Waals surface area contributed by atoms with Crippen molar-refractivity contribution in [3.63, 3.8) is 0 Å². The van der Waals surface area contributed by atoms with Crippen LogP contribution in [-0.2, 0) is 71.2 Å². The summed E-state index contributed by atoms with van der Waals surface area (Å²) in [6, 6.07) is 0. The van der Waals surface area contributed by atoms with Crippen LogP contribution in [0.3, 0.4) is 0 Å². The van der Waals surface area contributed by atoms with Crippen LogP contribution in [0.15, 0.2) is 0 Å². The maximum atomic E-state index is 12.1. The van der Waals surface area contributed by atoms with Gasteiger partial charge in [-0.15, -0.1) is 0 Å². The van der Waals surface area contributed by atoms with E-state index in [1.165, 1.54) is 32.5 Å². The lowest BCUT2D eigenvalue weighted by Crippen LogP contribution is -2.68. The van der Waals surface area contributed by atoms with E-state index in [-0.39, 0.29) is 41.3 Å². The molecule has 35 atom stereocenters. The molecule has 37 heteroatoms. The summed E-state index contributed by atoms with van der Waals surface area (Å²) >= 11 is 2.27. The minimum atomic E-state index is -2.31. The second kappa shape index (κ2) is 34.4. The van der Waals surface area contributed by atoms with Crippen LogP contribution >= 0.6 is 23.5 Å². The number of ether oxygens (including phenoxy) is 13. The highest BCUT2D eigenvalue weighted by Crippen LogP contribution is 2.38. The molecule has 6 rings (SSSR count). The highest BCUT2D eigenvalue weighted by Gasteiger charge is 2.58. The summed E-state index contributed by atoms with van der Waals surface area (Å²) in [5.41, 5.74) is 0. The molecule has 14 unspecified atom stereocenters. The van der Waals surface area contributed by atoms with Crippen LogP contribution < -0.4 is 0 Å². The predicted octanol–water partition coefficient (Wildman–Crippen LogP) is -11.1. The van der Waals surface area contributed by atoms with Gasteiger partial charge in [0.2, 0.25) is 0 Å². The Morgan fingerprint density at radius 3 is 1.11 bits per heavy atom. The Balaban J connectivity index is 1.09. The third-order valence-electron chi connectivity index (χ3n) is 15.8. The van der Waals surface area contributed by atoms with Gasteiger partial charge < -0.3 is 164 Å². The van der Waals surface area contributed by atoms with Crippen molar-refractivity contribution in [2.45, 2.75) is 238 Å². The van der Waals surface area contributed by atoms with Crippen molar-refractivity contribution in [1.29, 1.82) is 0 Å². The molecule has 0 bridgehead atoms. The Labute approximate surface area is 512 Å². The molecule has 0 aromatic heterocycles. The Morgan fingerprint density at radius 2 is 0.727 bits per heavy atom. The summed E-state index contributed by atoms with van der Waals surface area (Å²) in [5, 5.41) is 217. The van der Waals surface area contributed by atoms with Crippen molar-refractivity contribution in [3.05, 3.63) is 0 Å². The quantitative estimate of drug-likeness (QED) is 0.0297. The van der Waals surface area contributed by atoms with Gasteiger partial charge in [0.1, 0.15) is 146 Å². The van der Waals surface area contributed by atoms with Gasteiger partial charge >= 0.3 is 0 Å². The van der Waals surface area contributed by atoms with Crippen molar-refractivity contribution < 1.29 is 173 Å². The van der Waals surface area contributed by atoms with E-state index in [2.05, 4.69) is 0 Å². The second-order valence-electron chi connectivity index (χ2n) is 22.6. The number of ketones is 2. The van der Waals surface area contributed by atoms with Crippen molar-refractivity contribution in [2.24, 2.45) is 11.8 Å². The smallest absolute Gasteiger partial charge is 0.189 e. The van der Waals surface area contributed by atoms with Gasteiger partial charge in [-0.3, -0.25) is 9.59 Å². The normalized spacial score (nSPS) is 45.3. The van der Waals surface area contributed by atoms with E-state index in [0.717, 1.165) is 11.8 Å². The molecule has 88 heavy (non-hydrogen) atoms. The van der Waals surface area contributed by atoms with Gasteiger partial charge in [0.15, 0.2) is 50.3 Å². The third kappa shape index (κ3) is 18.4. The summed E-state index contributed by atoms with van der Waals surface area (Å²) in [5.74, 6) is -0.894. The lowest BCUT2D eigenvalue weighted by Gasteiger charge is -2.49. The number of thioether (sulfide) groups is 2. The second-order valence-corrected chi connectivity index (χ2v) is 24.7. The molecule has 6 aliphatic rings. The lowest BCUT2D eigenvalue weighted by molar-refractivity contribution is -0.408. The van der Waals surface area contributed by atoms with Crippen LogP contribution in [0.25, 0.3) is 0 Å². The number of hydrogen-bond acceptors (Lipinski definition) is 37. The van der Waals surface area contributed by atoms with Gasteiger partial charge in [0, 0.05) is 34.8 Å². The number of Topliss-reactive ketones (excluding diaryl/α,β-unsaturated/α-hetero) is 2. The van der Waals surface area contributed by atoms with Gasteiger partial charge in [-0.1, -0.05) is 13.8 Å². The summed E-state index contributed by atoms with van der Waals surface area (Å²) in [7, 11) is 0. The average molecular weight is 1330 g/mol. The number of rotatable bonds is 30. The zero-order valence-electron chi connectivity index (χ0n) is 48.5. The van der Waals surface area contributed by atoms with Crippen molar-refractivity contribution in [3.8, 4) is 0 Å². The van der Waals surface area contributed by atoms with E-state index in [1.807, 2.05) is 0 Å². The molecule has 0 radical (unpaired) electrons. The molecular formula is C51H88O35S2. The molecule has 514 valence electrons. The predicted molar refractivity (Wildman–Crippen MR) is 288 cm³/mol. The fourth-order valence-corrected chi connectivity index (χ4v) is 12.5. The van der Waals surface area contributed by atoms with E-state index in [1.54, 1.807) is 13.8 Å². The van der Waals surface area contributed by atoms with Gasteiger partial charge in [-0.2, -0.15) is 23.5 Å². The van der Waals surface area contributed by atoms with E-state index in [9.17, 15) is 112 Å². The number of carbonyl (C=O) groups is 2. The van der Waals surface area contributed by atoms with Crippen LogP contribution in [0, 0.1) is 11.8 Å². The van der Waals surface area contributed by atoms with Gasteiger partial charge in [0.25, 0.3) is 0 Å². The number of aliphatic hydroxyl groups excluding tert-OH is 20. The topological polar surface area (TPSA) is 559 Å². The summed E-state index contributed by atoms with van der Waals surface area (Å²) in [4.78, 5) is 23.8. The monoisotopic (exact) mass is 1320 g/mol. The number of aliphatic hydroxyl groups is 20. The van der Waals surface area contributed by atoms with E-state index in [4.69, 9.17) is 61.6 Å². The summed E-state index contributed by atoms with van der Waals surface area (Å²) in [6.45, 7) is 3.27. The zero-order chi connectivity index (χ0) is 65.3. The Morgan fingerprint density at radius 1 is 0.409 bits per heavy atom. The molecule has 6 saturated heterocycles. The minimum absolute atomic E-state index is 0.0139. The van der Waals surface area contributed by atoms with Gasteiger partial charge in [-0.25, -0.2) is 0 Å². The first-order valence-corrected chi connectivity index (χ1v) is 30.8. The summed E-state index contributed by atoms with van der Waals surface area (Å²) < 4.78 is 73.4. The van der Waals surface area contributed by atoms with Crippen molar-refractivity contribution >= 4 is 35.1 Å². The summed E-state index contributed by atoms with van der Waals surface area (Å²) in [6.07, 6.45) is -62.5. The van der Waals surface area contributed by atoms with Crippen LogP contribution in [0.2, 0.25) is 0 Å². The number of carbonyl (C=O) groups excluding carboxylic acids is 2. The average Bonchev–Trinajstić information content (AvgIpc) is 0.906. The van der Waals surface area contributed by atoms with Crippen molar-refractivity contribution in [1.82, 2.24) is 0 Å². The van der Waals surface area contributed by atoms with Crippen LogP contribution in [0.5, 0.6) is 0 Å². The van der Waals surface area contributed by atoms with Crippen molar-refractivity contribution in [2.75, 3.05) is 56.0 Å². The molecule has 0 aromatic rings. The van der Waals surface area contributed by atoms with Crippen LogP contribution in [-0.4, -0.2) is 373 Å². The number of hydrogen-bond donors (Lipinski definition) is 20. The first kappa shape index (κ1) is 75.7. The van der Waals surface area contributed by atoms with Crippen LogP contribution in [0.1, 0.15) is 34.6 Å². The Hall–Kier alpha value is -1.28. The maximum absolute atomic E-state index is 12.1. The first-order valence-electron chi connectivity index (χ1n) is 28.5. The molecule has 0 amide bonds. The van der Waals surface area contributed by atoms with Gasteiger partial charge in [-0.05, 0) is 20.8 Å². The Kier molecular flexibility index (Phi) is 29.6. The third-order valence-corrected chi connectivity index (χ3v) is 18.4. The molecule has 6 heterocycles. The molecule has 0 aromatic carbocycles. The standard InChI is InChI=1S/C51H88O35S2/c1-15(18(4)57)11-87-13-24-26(59)27(60)33(66)46(78-24)80-39-21(7-53)76-48(35(68)29(39)62)84-43-32(65)38(71)51(86-45(43)73)83-42-25(14-88-12-16(2)19(5)58)79-49(36(69)31(42)64)82-40-20(6-52)75-47(34(67)28(40)61)81-41-22(8-54)77-50(37(70)30(41)63)85-44(72)23(9-55)74-10-17(3)56/h15-17,20-56,59-73H,6-14H2,1-5H3/t15-,16-,17-,20?,21?,22?,23?,24?,25?,26+,27-,28?,29?,30?,31?,32?,33?,34-,35-,36-,37-,38-,39+,40+,41+,42+,43-,44?,45?,46+,47+,48-,49-,50+,51+/m0/s1. The SMILES string of the molecule is CC(=O)[C@@H](C)CSCC1O[C@@H](O[C@@H]2C(CO)O[C@H](O[C@@H]3C(CO)O[C@H](OC(O)C(CO)OC[C@H](C)O)[C@@H](O)C3O)[C@@H](O)C2O)[C@@H](O)C(O)[C@@H]1O[C@@H]1OC(O)[C@@H](O[C@@H]2OC(CO)[C@@H](O[C@H]3OC(CSC[C@H](C)C(C)=O)[C@@H](O)[C@H](O)C3O)C(O)[C@@H]2O)C(O)[C@@H]1O. The van der Waals surface area contributed by atoms with E-state index in [0.29, 0.717) is 5.75 Å². The fourth-order valence-electron chi connectivity index (χ4n) is 10.0. The molecule has 6 fully saturated rings. The maximum Gasteiger partial charge on any atom is 0.189 e. The van der Waals surface area contributed by atoms with E-state index < -0.39 is 235 Å². The molecule has 35 nitrogen and oxygen atoms in total. The molecule has 0 aliphatic carbocycles. The van der Waals surface area contributed by atoms with E-state index >= 15 is 0 Å². The molecular weight excluding hydrogens is 1240 g/mol. The lowest BCUT2D eigenvalue weighted by atomic mass is 9.96. The zero-order valence-corrected chi connectivity index (χ0v) is 50.1. The minimum Gasteiger partial charge on any atom is -0.394 e. The van der Waals surface area contributed by atoms with Crippen LogP contribution in [0.4, 0.5) is 0 Å². The fraction of sp³-hybridized carbons (Fsp3) is 0.961. The molecule has 20 N–H and O–H groups in total. The molecule has 6 aliphatic heterocycles. The van der Waals surface area contributed by atoms with Gasteiger partial charge in [0.05, 0.1) is 51.3 Å². The highest BCUT2D eigenvalue weighted by atomic mass is 32.2. The largest absolute Gasteiger partial charge is 0.394 e. The first-order chi connectivity index (χ1) is 41.5. The molecule has 0 spiro atoms. The Bertz CT molecular complexity index is 2090. The molecule has 0 saturated carbocycles.